The molecule has 0 radical (unpaired) electrons. The van der Waals surface area contributed by atoms with Gasteiger partial charge in [-0.1, -0.05) is 11.6 Å². The molecule has 7 heteroatoms. The highest BCUT2D eigenvalue weighted by Crippen LogP contribution is 2.25. The maximum atomic E-state index is 12.2. The molecule has 0 aromatic heterocycles. The zero-order valence-electron chi connectivity index (χ0n) is 12.6. The molecule has 0 saturated heterocycles. The molecule has 1 aromatic carbocycles. The lowest BCUT2D eigenvalue weighted by atomic mass is 10.1. The van der Waals surface area contributed by atoms with Gasteiger partial charge in [0.15, 0.2) is 0 Å². The molecule has 3 rings (SSSR count). The van der Waals surface area contributed by atoms with Crippen LogP contribution < -0.4 is 10.6 Å². The van der Waals surface area contributed by atoms with Crippen LogP contribution in [0.3, 0.4) is 0 Å². The Bertz CT molecular complexity index is 725. The minimum absolute atomic E-state index is 0.195. The number of anilines is 1. The number of nitrogens with zero attached hydrogens (tertiary/aromatic N) is 1. The molecule has 3 amide bonds. The van der Waals surface area contributed by atoms with Gasteiger partial charge in [0, 0.05) is 30.4 Å². The summed E-state index contributed by atoms with van der Waals surface area (Å²) in [5, 5.41) is 6.31. The Labute approximate surface area is 138 Å². The lowest BCUT2D eigenvalue weighted by Gasteiger charge is -2.13. The van der Waals surface area contributed by atoms with E-state index in [4.69, 9.17) is 11.6 Å². The van der Waals surface area contributed by atoms with Crippen molar-refractivity contribution in [3.63, 3.8) is 0 Å². The van der Waals surface area contributed by atoms with Crippen molar-refractivity contribution in [1.29, 1.82) is 0 Å². The number of carbonyl (C=O) groups is 3. The fourth-order valence-electron chi connectivity index (χ4n) is 2.32. The number of nitrogens with one attached hydrogen (secondary N) is 2. The second kappa shape index (κ2) is 6.04. The Kier molecular flexibility index (Phi) is 4.09. The number of rotatable bonds is 4. The van der Waals surface area contributed by atoms with E-state index in [2.05, 4.69) is 10.6 Å². The Hall–Kier alpha value is -2.34. The first-order valence-electron chi connectivity index (χ1n) is 7.34. The van der Waals surface area contributed by atoms with E-state index in [1.165, 1.54) is 13.0 Å². The van der Waals surface area contributed by atoms with Gasteiger partial charge >= 0.3 is 0 Å². The lowest BCUT2D eigenvalue weighted by molar-refractivity contribution is -0.138. The third kappa shape index (κ3) is 3.53. The monoisotopic (exact) mass is 333 g/mol. The molecule has 1 saturated carbocycles. The van der Waals surface area contributed by atoms with E-state index < -0.39 is 0 Å². The number of amides is 3. The maximum absolute atomic E-state index is 12.2. The van der Waals surface area contributed by atoms with Crippen molar-refractivity contribution in [2.45, 2.75) is 25.8 Å². The van der Waals surface area contributed by atoms with Crippen molar-refractivity contribution >= 4 is 35.0 Å². The molecule has 0 atom stereocenters. The van der Waals surface area contributed by atoms with Crippen molar-refractivity contribution in [1.82, 2.24) is 10.2 Å². The number of benzene rings is 1. The second-order valence-electron chi connectivity index (χ2n) is 5.68. The van der Waals surface area contributed by atoms with E-state index in [1.807, 2.05) is 0 Å². The smallest absolute Gasteiger partial charge is 0.255 e. The van der Waals surface area contributed by atoms with Crippen LogP contribution in [0.4, 0.5) is 5.69 Å². The number of hydrogen-bond acceptors (Lipinski definition) is 4. The Morgan fingerprint density at radius 1 is 1.30 bits per heavy atom. The summed E-state index contributed by atoms with van der Waals surface area (Å²) in [6.07, 6.45) is 3.37. The van der Waals surface area contributed by atoms with Gasteiger partial charge in [-0.05, 0) is 31.0 Å². The molecule has 2 N–H and O–H groups in total. The van der Waals surface area contributed by atoms with Gasteiger partial charge in [-0.15, -0.1) is 0 Å². The van der Waals surface area contributed by atoms with Crippen LogP contribution in [0, 0.1) is 0 Å². The van der Waals surface area contributed by atoms with Crippen LogP contribution in [0.15, 0.2) is 30.0 Å². The average Bonchev–Trinajstić information content (AvgIpc) is 3.22. The van der Waals surface area contributed by atoms with Crippen molar-refractivity contribution < 1.29 is 14.4 Å². The minimum atomic E-state index is -0.347. The summed E-state index contributed by atoms with van der Waals surface area (Å²) in [6, 6.07) is 5.24. The van der Waals surface area contributed by atoms with Crippen molar-refractivity contribution in [3.8, 4) is 0 Å². The van der Waals surface area contributed by atoms with Crippen LogP contribution in [-0.2, 0) is 9.59 Å². The molecule has 6 nitrogen and oxygen atoms in total. The van der Waals surface area contributed by atoms with Crippen molar-refractivity contribution in [2.75, 3.05) is 11.9 Å². The quantitative estimate of drug-likeness (QED) is 0.882. The summed E-state index contributed by atoms with van der Waals surface area (Å²) in [5.74, 6) is -0.854. The minimum Gasteiger partial charge on any atom is -0.357 e. The third-order valence-corrected chi connectivity index (χ3v) is 4.03. The summed E-state index contributed by atoms with van der Waals surface area (Å²) in [7, 11) is 0. The molecule has 1 aliphatic carbocycles. The number of halogens is 1. The second-order valence-corrected chi connectivity index (χ2v) is 6.09. The number of imide groups is 1. The molecule has 120 valence electrons. The number of carbonyl (C=O) groups excluding carboxylic acids is 3. The van der Waals surface area contributed by atoms with E-state index in [0.717, 1.165) is 17.7 Å². The summed E-state index contributed by atoms with van der Waals surface area (Å²) < 4.78 is 0. The van der Waals surface area contributed by atoms with Crippen LogP contribution in [0.2, 0.25) is 5.02 Å². The van der Waals surface area contributed by atoms with Gasteiger partial charge in [-0.25, -0.2) is 0 Å². The van der Waals surface area contributed by atoms with Crippen LogP contribution in [0.5, 0.6) is 0 Å². The van der Waals surface area contributed by atoms with E-state index in [1.54, 1.807) is 18.2 Å². The SMILES string of the molecule is CC(=O)N1CC(Nc2ccc(Cl)c(C(=O)NC3CC3)c2)=CC1=O. The molecule has 23 heavy (non-hydrogen) atoms. The molecular formula is C16H16ClN3O3. The normalized spacial score (nSPS) is 17.0. The van der Waals surface area contributed by atoms with Crippen molar-refractivity contribution in [2.24, 2.45) is 0 Å². The summed E-state index contributed by atoms with van der Waals surface area (Å²) in [6.45, 7) is 1.54. The van der Waals surface area contributed by atoms with Crippen LogP contribution in [-0.4, -0.2) is 35.2 Å². The zero-order chi connectivity index (χ0) is 16.6. The van der Waals surface area contributed by atoms with E-state index in [-0.39, 0.29) is 30.3 Å². The van der Waals surface area contributed by atoms with E-state index in [0.29, 0.717) is 22.0 Å². The first kappa shape index (κ1) is 15.6. The standard InChI is InChI=1S/C16H16ClN3O3/c1-9(21)20-8-12(7-15(20)22)18-11-4-5-14(17)13(6-11)16(23)19-10-2-3-10/h4-7,10,18H,2-3,8H2,1H3,(H,19,23). The summed E-state index contributed by atoms with van der Waals surface area (Å²) in [4.78, 5) is 36.3. The Morgan fingerprint density at radius 3 is 2.65 bits per heavy atom. The predicted octanol–water partition coefficient (Wildman–Crippen LogP) is 1.92. The van der Waals surface area contributed by atoms with Crippen LogP contribution in [0.1, 0.15) is 30.1 Å². The van der Waals surface area contributed by atoms with Gasteiger partial charge in [-0.3, -0.25) is 19.3 Å². The molecule has 0 unspecified atom stereocenters. The van der Waals surface area contributed by atoms with Crippen LogP contribution >= 0.6 is 11.6 Å². The molecule has 1 aromatic rings. The van der Waals surface area contributed by atoms with Gasteiger partial charge in [0.1, 0.15) is 0 Å². The first-order chi connectivity index (χ1) is 10.9. The van der Waals surface area contributed by atoms with Gasteiger partial charge < -0.3 is 10.6 Å². The van der Waals surface area contributed by atoms with Gasteiger partial charge in [0.05, 0.1) is 17.1 Å². The number of hydrogen-bond donors (Lipinski definition) is 2. The molecule has 1 aliphatic heterocycles. The fourth-order valence-corrected chi connectivity index (χ4v) is 2.52. The summed E-state index contributed by atoms with van der Waals surface area (Å²) >= 11 is 6.09. The summed E-state index contributed by atoms with van der Waals surface area (Å²) in [5.41, 5.74) is 1.62. The molecular weight excluding hydrogens is 318 g/mol. The Balaban J connectivity index is 1.73. The molecule has 2 aliphatic rings. The van der Waals surface area contributed by atoms with Gasteiger partial charge in [-0.2, -0.15) is 0 Å². The van der Waals surface area contributed by atoms with Crippen LogP contribution in [0.25, 0.3) is 0 Å². The maximum Gasteiger partial charge on any atom is 0.255 e. The zero-order valence-corrected chi connectivity index (χ0v) is 13.3. The average molecular weight is 334 g/mol. The van der Waals surface area contributed by atoms with E-state index >= 15 is 0 Å². The molecule has 0 bridgehead atoms. The first-order valence-corrected chi connectivity index (χ1v) is 7.72. The largest absolute Gasteiger partial charge is 0.357 e. The Morgan fingerprint density at radius 2 is 2.04 bits per heavy atom. The highest BCUT2D eigenvalue weighted by molar-refractivity contribution is 6.34. The predicted molar refractivity (Wildman–Crippen MR) is 86.0 cm³/mol. The molecule has 1 fully saturated rings. The lowest BCUT2D eigenvalue weighted by Crippen LogP contribution is -2.31. The molecule has 1 heterocycles. The van der Waals surface area contributed by atoms with Crippen molar-refractivity contribution in [3.05, 3.63) is 40.6 Å². The highest BCUT2D eigenvalue weighted by atomic mass is 35.5. The topological polar surface area (TPSA) is 78.5 Å². The fraction of sp³-hybridized carbons (Fsp3) is 0.312. The van der Waals surface area contributed by atoms with Gasteiger partial charge in [0.25, 0.3) is 11.8 Å². The highest BCUT2D eigenvalue weighted by Gasteiger charge is 2.26. The van der Waals surface area contributed by atoms with Gasteiger partial charge in [0.2, 0.25) is 5.91 Å². The molecule has 0 spiro atoms. The third-order valence-electron chi connectivity index (χ3n) is 3.70. The van der Waals surface area contributed by atoms with E-state index in [9.17, 15) is 14.4 Å².